The van der Waals surface area contributed by atoms with Crippen LogP contribution in [0.5, 0.6) is 0 Å². The van der Waals surface area contributed by atoms with Crippen molar-refractivity contribution in [2.75, 3.05) is 5.32 Å². The van der Waals surface area contributed by atoms with E-state index in [1.807, 2.05) is 28.9 Å². The quantitative estimate of drug-likeness (QED) is 0.600. The summed E-state index contributed by atoms with van der Waals surface area (Å²) in [4.78, 5) is 12.9. The maximum Gasteiger partial charge on any atom is 0.180 e. The van der Waals surface area contributed by atoms with Crippen LogP contribution in [0.25, 0.3) is 16.9 Å². The Morgan fingerprint density at radius 1 is 1.10 bits per heavy atom. The highest BCUT2D eigenvalue weighted by molar-refractivity contribution is 5.73. The van der Waals surface area contributed by atoms with Gasteiger partial charge in [0.2, 0.25) is 0 Å². The summed E-state index contributed by atoms with van der Waals surface area (Å²) in [5, 5.41) is 10.0. The van der Waals surface area contributed by atoms with Gasteiger partial charge in [0.25, 0.3) is 0 Å². The van der Waals surface area contributed by atoms with Crippen LogP contribution in [0.3, 0.4) is 0 Å². The SMILES string of the molecule is c1cncc(Nc2nccn3c(-c4cn[nH]c4)cnc23)c1. The number of aromatic nitrogens is 6. The first kappa shape index (κ1) is 11.6. The number of nitrogens with one attached hydrogen (secondary N) is 2. The number of H-pyrrole nitrogens is 1. The first-order valence-electron chi connectivity index (χ1n) is 6.40. The van der Waals surface area contributed by atoms with E-state index in [1.54, 1.807) is 31.0 Å². The summed E-state index contributed by atoms with van der Waals surface area (Å²) in [7, 11) is 0. The van der Waals surface area contributed by atoms with E-state index in [0.29, 0.717) is 5.82 Å². The van der Waals surface area contributed by atoms with E-state index >= 15 is 0 Å². The molecular weight excluding hydrogens is 266 g/mol. The fourth-order valence-corrected chi connectivity index (χ4v) is 2.19. The van der Waals surface area contributed by atoms with Crippen molar-refractivity contribution in [1.82, 2.24) is 29.5 Å². The second-order valence-corrected chi connectivity index (χ2v) is 4.47. The van der Waals surface area contributed by atoms with E-state index in [9.17, 15) is 0 Å². The van der Waals surface area contributed by atoms with Crippen molar-refractivity contribution in [3.8, 4) is 11.3 Å². The normalized spacial score (nSPS) is 10.9. The fraction of sp³-hybridized carbons (Fsp3) is 0. The maximum absolute atomic E-state index is 4.45. The molecule has 0 spiro atoms. The van der Waals surface area contributed by atoms with Crippen LogP contribution in [0.4, 0.5) is 11.5 Å². The van der Waals surface area contributed by atoms with E-state index < -0.39 is 0 Å². The molecule has 4 heterocycles. The minimum atomic E-state index is 0.681. The molecule has 0 amide bonds. The molecule has 0 saturated carbocycles. The van der Waals surface area contributed by atoms with Gasteiger partial charge in [-0.3, -0.25) is 14.5 Å². The van der Waals surface area contributed by atoms with Gasteiger partial charge in [-0.2, -0.15) is 5.10 Å². The Bertz CT molecular complexity index is 865. The number of anilines is 2. The molecule has 4 aromatic rings. The average Bonchev–Trinajstić information content (AvgIpc) is 3.17. The summed E-state index contributed by atoms with van der Waals surface area (Å²) < 4.78 is 1.97. The number of imidazole rings is 1. The first-order chi connectivity index (χ1) is 10.4. The van der Waals surface area contributed by atoms with Crippen LogP contribution in [0.15, 0.2) is 55.5 Å². The van der Waals surface area contributed by atoms with Crippen molar-refractivity contribution in [3.05, 3.63) is 55.5 Å². The number of fused-ring (bicyclic) bond motifs is 1. The van der Waals surface area contributed by atoms with Crippen LogP contribution >= 0.6 is 0 Å². The summed E-state index contributed by atoms with van der Waals surface area (Å²) in [6.45, 7) is 0. The van der Waals surface area contributed by atoms with Crippen molar-refractivity contribution < 1.29 is 0 Å². The fourth-order valence-electron chi connectivity index (χ4n) is 2.19. The predicted molar refractivity (Wildman–Crippen MR) is 78.1 cm³/mol. The second-order valence-electron chi connectivity index (χ2n) is 4.47. The lowest BCUT2D eigenvalue weighted by Crippen LogP contribution is -1.98. The molecule has 102 valence electrons. The number of aromatic amines is 1. The van der Waals surface area contributed by atoms with E-state index in [0.717, 1.165) is 22.6 Å². The Kier molecular flexibility index (Phi) is 2.60. The number of hydrogen-bond donors (Lipinski definition) is 2. The molecule has 7 heteroatoms. The minimum Gasteiger partial charge on any atom is -0.336 e. The highest BCUT2D eigenvalue weighted by atomic mass is 15.1. The predicted octanol–water partition coefficient (Wildman–Crippen LogP) is 2.26. The van der Waals surface area contributed by atoms with Crippen LogP contribution in [-0.2, 0) is 0 Å². The van der Waals surface area contributed by atoms with Crippen molar-refractivity contribution in [1.29, 1.82) is 0 Å². The smallest absolute Gasteiger partial charge is 0.180 e. The number of hydrogen-bond acceptors (Lipinski definition) is 5. The monoisotopic (exact) mass is 277 g/mol. The molecule has 4 rings (SSSR count). The Morgan fingerprint density at radius 2 is 2.10 bits per heavy atom. The molecule has 7 nitrogen and oxygen atoms in total. The van der Waals surface area contributed by atoms with Crippen LogP contribution in [0.1, 0.15) is 0 Å². The van der Waals surface area contributed by atoms with Gasteiger partial charge < -0.3 is 5.32 Å². The Hall–Kier alpha value is -3.22. The van der Waals surface area contributed by atoms with Gasteiger partial charge in [0.15, 0.2) is 11.5 Å². The van der Waals surface area contributed by atoms with Crippen LogP contribution in [0, 0.1) is 0 Å². The molecule has 2 N–H and O–H groups in total. The van der Waals surface area contributed by atoms with Gasteiger partial charge in [-0.25, -0.2) is 9.97 Å². The van der Waals surface area contributed by atoms with E-state index in [-0.39, 0.29) is 0 Å². The van der Waals surface area contributed by atoms with Crippen LogP contribution in [-0.4, -0.2) is 29.5 Å². The largest absolute Gasteiger partial charge is 0.336 e. The third kappa shape index (κ3) is 2.00. The summed E-state index contributed by atoms with van der Waals surface area (Å²) in [6.07, 6.45) is 12.5. The van der Waals surface area contributed by atoms with Gasteiger partial charge in [0.05, 0.1) is 30.0 Å². The molecular formula is C14H11N7. The van der Waals surface area contributed by atoms with Gasteiger partial charge >= 0.3 is 0 Å². The topological polar surface area (TPSA) is 83.8 Å². The standard InChI is InChI=1S/C14H11N7/c1-2-11(8-15-3-1)20-13-14-17-9-12(10-6-18-19-7-10)21(14)5-4-16-13/h1-9H,(H,16,20)(H,18,19). The Balaban J connectivity index is 1.81. The van der Waals surface area contributed by atoms with Crippen LogP contribution in [0.2, 0.25) is 0 Å². The van der Waals surface area contributed by atoms with Crippen molar-refractivity contribution in [2.24, 2.45) is 0 Å². The number of nitrogens with zero attached hydrogens (tertiary/aromatic N) is 5. The molecule has 0 saturated heterocycles. The van der Waals surface area contributed by atoms with Gasteiger partial charge in [-0.15, -0.1) is 0 Å². The zero-order valence-corrected chi connectivity index (χ0v) is 10.9. The van der Waals surface area contributed by atoms with Crippen molar-refractivity contribution >= 4 is 17.2 Å². The maximum atomic E-state index is 4.45. The minimum absolute atomic E-state index is 0.681. The summed E-state index contributed by atoms with van der Waals surface area (Å²) in [5.41, 5.74) is 3.54. The van der Waals surface area contributed by atoms with Gasteiger partial charge in [-0.05, 0) is 12.1 Å². The molecule has 0 aliphatic heterocycles. The highest BCUT2D eigenvalue weighted by Gasteiger charge is 2.10. The van der Waals surface area contributed by atoms with Crippen molar-refractivity contribution in [3.63, 3.8) is 0 Å². The molecule has 4 aromatic heterocycles. The lowest BCUT2D eigenvalue weighted by atomic mass is 10.3. The summed E-state index contributed by atoms with van der Waals surface area (Å²) in [5.74, 6) is 0.681. The van der Waals surface area contributed by atoms with E-state index in [1.165, 1.54) is 0 Å². The number of rotatable bonds is 3. The van der Waals surface area contributed by atoms with E-state index in [2.05, 4.69) is 30.5 Å². The zero-order chi connectivity index (χ0) is 14.1. The van der Waals surface area contributed by atoms with Gasteiger partial charge in [0, 0.05) is 30.4 Å². The van der Waals surface area contributed by atoms with E-state index in [4.69, 9.17) is 0 Å². The highest BCUT2D eigenvalue weighted by Crippen LogP contribution is 2.23. The first-order valence-corrected chi connectivity index (χ1v) is 6.40. The molecule has 0 bridgehead atoms. The molecule has 0 unspecified atom stereocenters. The zero-order valence-electron chi connectivity index (χ0n) is 10.9. The molecule has 21 heavy (non-hydrogen) atoms. The van der Waals surface area contributed by atoms with Gasteiger partial charge in [0.1, 0.15) is 0 Å². The lowest BCUT2D eigenvalue weighted by molar-refractivity contribution is 1.09. The molecule has 0 fully saturated rings. The van der Waals surface area contributed by atoms with Crippen molar-refractivity contribution in [2.45, 2.75) is 0 Å². The third-order valence-corrected chi connectivity index (χ3v) is 3.15. The molecule has 0 aliphatic carbocycles. The molecule has 0 radical (unpaired) electrons. The molecule has 0 atom stereocenters. The molecule has 0 aliphatic rings. The van der Waals surface area contributed by atoms with Crippen LogP contribution < -0.4 is 5.32 Å². The Morgan fingerprint density at radius 3 is 2.90 bits per heavy atom. The molecule has 0 aromatic carbocycles. The lowest BCUT2D eigenvalue weighted by Gasteiger charge is -2.06. The second kappa shape index (κ2) is 4.71. The Labute approximate surface area is 119 Å². The third-order valence-electron chi connectivity index (χ3n) is 3.15. The summed E-state index contributed by atoms with van der Waals surface area (Å²) >= 11 is 0. The average molecular weight is 277 g/mol. The van der Waals surface area contributed by atoms with Gasteiger partial charge in [-0.1, -0.05) is 0 Å². The number of pyridine rings is 1. The summed E-state index contributed by atoms with van der Waals surface area (Å²) in [6, 6.07) is 3.79.